The van der Waals surface area contributed by atoms with Crippen molar-refractivity contribution in [2.24, 2.45) is 11.8 Å². The molecule has 1 aliphatic carbocycles. The molecule has 1 heterocycles. The number of halogens is 2. The van der Waals surface area contributed by atoms with Gasteiger partial charge in [0.15, 0.2) is 0 Å². The van der Waals surface area contributed by atoms with Crippen molar-refractivity contribution in [2.75, 3.05) is 13.1 Å². The lowest BCUT2D eigenvalue weighted by Gasteiger charge is -2.35. The first-order valence-corrected chi connectivity index (χ1v) is 17.0. The van der Waals surface area contributed by atoms with Gasteiger partial charge in [-0.25, -0.2) is 22.3 Å². The van der Waals surface area contributed by atoms with E-state index in [1.807, 2.05) is 13.8 Å². The van der Waals surface area contributed by atoms with E-state index in [1.54, 1.807) is 25.7 Å². The molecule has 0 bridgehead atoms. The summed E-state index contributed by atoms with van der Waals surface area (Å²) in [4.78, 5) is 41.3. The average molecular weight is 645 g/mol. The van der Waals surface area contributed by atoms with Crippen LogP contribution in [0.4, 0.5) is 9.18 Å². The number of unbranched alkanes of at least 4 members (excludes halogenated alkanes) is 1. The number of fused-ring (bicyclic) bond motifs is 1. The number of nitrogens with one attached hydrogen (secondary N) is 3. The van der Waals surface area contributed by atoms with Gasteiger partial charge in [0.05, 0.1) is 5.02 Å². The molecule has 242 valence electrons. The van der Waals surface area contributed by atoms with Crippen LogP contribution in [-0.2, 0) is 24.3 Å². The first-order chi connectivity index (χ1) is 20.1. The van der Waals surface area contributed by atoms with E-state index in [0.29, 0.717) is 25.7 Å². The number of ether oxygens (including phenoxy) is 1. The highest BCUT2D eigenvalue weighted by Gasteiger charge is 2.49. The van der Waals surface area contributed by atoms with Crippen LogP contribution in [-0.4, -0.2) is 68.0 Å². The summed E-state index contributed by atoms with van der Waals surface area (Å²) in [5, 5.41) is 5.56. The van der Waals surface area contributed by atoms with Gasteiger partial charge >= 0.3 is 6.09 Å². The van der Waals surface area contributed by atoms with E-state index < -0.39 is 39.6 Å². The topological polar surface area (TPSA) is 134 Å². The number of rotatable bonds is 12. The predicted octanol–water partition coefficient (Wildman–Crippen LogP) is 4.75. The maximum absolute atomic E-state index is 13.6. The van der Waals surface area contributed by atoms with Gasteiger partial charge < -0.3 is 15.4 Å². The molecule has 43 heavy (non-hydrogen) atoms. The van der Waals surface area contributed by atoms with Gasteiger partial charge in [-0.2, -0.15) is 0 Å². The van der Waals surface area contributed by atoms with Crippen LogP contribution in [0.5, 0.6) is 0 Å². The smallest absolute Gasteiger partial charge is 0.411 e. The number of benzene rings is 1. The van der Waals surface area contributed by atoms with Crippen molar-refractivity contribution < 1.29 is 31.9 Å². The highest BCUT2D eigenvalue weighted by molar-refractivity contribution is 7.89. The number of carbonyl (C=O) groups excluding carboxylic acids is 3. The van der Waals surface area contributed by atoms with Crippen molar-refractivity contribution in [1.29, 1.82) is 0 Å². The van der Waals surface area contributed by atoms with Crippen LogP contribution in [0.15, 0.2) is 23.1 Å². The third-order valence-electron chi connectivity index (χ3n) is 7.71. The van der Waals surface area contributed by atoms with Crippen LogP contribution >= 0.6 is 11.6 Å². The summed E-state index contributed by atoms with van der Waals surface area (Å²) in [6.07, 6.45) is 5.22. The molecule has 10 nitrogen and oxygen atoms in total. The highest BCUT2D eigenvalue weighted by atomic mass is 35.5. The number of hydrogen-bond donors (Lipinski definition) is 3. The first-order valence-electron chi connectivity index (χ1n) is 15.1. The number of sulfonamides is 1. The van der Waals surface area contributed by atoms with Gasteiger partial charge in [-0.05, 0) is 89.3 Å². The number of hydrogen-bond acceptors (Lipinski definition) is 6. The molecule has 1 saturated carbocycles. The molecule has 0 radical (unpaired) electrons. The van der Waals surface area contributed by atoms with E-state index in [4.69, 9.17) is 16.3 Å². The van der Waals surface area contributed by atoms with Crippen molar-refractivity contribution in [3.8, 4) is 0 Å². The standard InChI is InChI=1S/C30H46ClFN4O6S/c1-19(2)16-23(27(37)33-14-8-9-15-34-43(40,41)26-13-12-21(32)18-22(26)31)35-28(38)25-17-20-10-6-7-11-24(20)36(25)29(39)42-30(3,4)5/h12-13,18-20,23-25,34H,6-11,14-17H2,1-5H3,(H,33,37)(H,35,38)/t20?,23-,24?,25?/m0/s1. The Balaban J connectivity index is 1.55. The largest absolute Gasteiger partial charge is 0.444 e. The third-order valence-corrected chi connectivity index (χ3v) is 9.66. The Kier molecular flexibility index (Phi) is 12.2. The van der Waals surface area contributed by atoms with E-state index in [1.165, 1.54) is 0 Å². The molecular weight excluding hydrogens is 599 g/mol. The minimum Gasteiger partial charge on any atom is -0.444 e. The maximum atomic E-state index is 13.6. The number of carbonyl (C=O) groups is 3. The highest BCUT2D eigenvalue weighted by Crippen LogP contribution is 2.40. The molecule has 3 N–H and O–H groups in total. The molecule has 1 aromatic rings. The fraction of sp³-hybridized carbons (Fsp3) is 0.700. The molecule has 2 aliphatic rings. The summed E-state index contributed by atoms with van der Waals surface area (Å²) in [6, 6.07) is 1.54. The van der Waals surface area contributed by atoms with E-state index in [-0.39, 0.29) is 52.7 Å². The molecule has 4 atom stereocenters. The Morgan fingerprint density at radius 2 is 1.79 bits per heavy atom. The summed E-state index contributed by atoms with van der Waals surface area (Å²) in [7, 11) is -3.91. The zero-order valence-electron chi connectivity index (χ0n) is 25.8. The van der Waals surface area contributed by atoms with Gasteiger partial charge in [0.25, 0.3) is 0 Å². The van der Waals surface area contributed by atoms with Gasteiger partial charge in [0, 0.05) is 19.1 Å². The van der Waals surface area contributed by atoms with Gasteiger partial charge in [-0.1, -0.05) is 38.3 Å². The van der Waals surface area contributed by atoms with Crippen molar-refractivity contribution in [2.45, 2.75) is 115 Å². The van der Waals surface area contributed by atoms with E-state index >= 15 is 0 Å². The van der Waals surface area contributed by atoms with Crippen LogP contribution in [0, 0.1) is 17.7 Å². The molecule has 3 rings (SSSR count). The summed E-state index contributed by atoms with van der Waals surface area (Å²) < 4.78 is 46.3. The monoisotopic (exact) mass is 644 g/mol. The second kappa shape index (κ2) is 15.0. The quantitative estimate of drug-likeness (QED) is 0.281. The molecule has 1 aromatic carbocycles. The van der Waals surface area contributed by atoms with Crippen LogP contribution in [0.3, 0.4) is 0 Å². The predicted molar refractivity (Wildman–Crippen MR) is 162 cm³/mol. The first kappa shape index (κ1) is 35.0. The summed E-state index contributed by atoms with van der Waals surface area (Å²) >= 11 is 5.87. The second-order valence-electron chi connectivity index (χ2n) is 12.9. The van der Waals surface area contributed by atoms with Crippen LogP contribution in [0.25, 0.3) is 0 Å². The van der Waals surface area contributed by atoms with Gasteiger partial charge in [-0.15, -0.1) is 0 Å². The zero-order valence-corrected chi connectivity index (χ0v) is 27.3. The number of likely N-dealkylation sites (tertiary alicyclic amines) is 1. The molecule has 1 aliphatic heterocycles. The number of nitrogens with zero attached hydrogens (tertiary/aromatic N) is 1. The van der Waals surface area contributed by atoms with Gasteiger partial charge in [0.2, 0.25) is 21.8 Å². The van der Waals surface area contributed by atoms with Crippen LogP contribution in [0.2, 0.25) is 5.02 Å². The average Bonchev–Trinajstić information content (AvgIpc) is 3.28. The summed E-state index contributed by atoms with van der Waals surface area (Å²) in [5.41, 5.74) is -0.696. The van der Waals surface area contributed by atoms with Crippen molar-refractivity contribution in [3.05, 3.63) is 29.0 Å². The lowest BCUT2D eigenvalue weighted by molar-refractivity contribution is -0.132. The molecule has 0 spiro atoms. The molecule has 3 unspecified atom stereocenters. The number of amides is 3. The molecule has 2 fully saturated rings. The van der Waals surface area contributed by atoms with Crippen molar-refractivity contribution in [1.82, 2.24) is 20.3 Å². The lowest BCUT2D eigenvalue weighted by atomic mass is 9.85. The van der Waals surface area contributed by atoms with Crippen molar-refractivity contribution >= 4 is 39.5 Å². The third kappa shape index (κ3) is 10.0. The lowest BCUT2D eigenvalue weighted by Crippen LogP contribution is -2.55. The molecular formula is C30H46ClFN4O6S. The Morgan fingerprint density at radius 3 is 2.44 bits per heavy atom. The Labute approximate surface area is 259 Å². The second-order valence-corrected chi connectivity index (χ2v) is 15.1. The Bertz CT molecular complexity index is 1260. The van der Waals surface area contributed by atoms with E-state index in [9.17, 15) is 27.2 Å². The van der Waals surface area contributed by atoms with Gasteiger partial charge in [-0.3, -0.25) is 14.5 Å². The minimum atomic E-state index is -3.91. The Hall–Kier alpha value is -2.44. The molecule has 13 heteroatoms. The fourth-order valence-corrected chi connectivity index (χ4v) is 7.41. The zero-order chi connectivity index (χ0) is 31.9. The SMILES string of the molecule is CC(C)C[C@H](NC(=O)C1CC2CCCCC2N1C(=O)OC(C)(C)C)C(=O)NCCCCNS(=O)(=O)c1ccc(F)cc1Cl. The minimum absolute atomic E-state index is 0.0479. The summed E-state index contributed by atoms with van der Waals surface area (Å²) in [6.45, 7) is 9.70. The van der Waals surface area contributed by atoms with Crippen molar-refractivity contribution in [3.63, 3.8) is 0 Å². The Morgan fingerprint density at radius 1 is 1.12 bits per heavy atom. The molecule has 3 amide bonds. The summed E-state index contributed by atoms with van der Waals surface area (Å²) in [5.74, 6) is -0.967. The fourth-order valence-electron chi connectivity index (χ4n) is 5.80. The normalized spacial score (nSPS) is 21.3. The van der Waals surface area contributed by atoms with E-state index in [2.05, 4.69) is 15.4 Å². The van der Waals surface area contributed by atoms with Crippen LogP contribution in [0.1, 0.15) is 86.0 Å². The maximum Gasteiger partial charge on any atom is 0.411 e. The van der Waals surface area contributed by atoms with Crippen LogP contribution < -0.4 is 15.4 Å². The van der Waals surface area contributed by atoms with E-state index in [0.717, 1.165) is 43.9 Å². The van der Waals surface area contributed by atoms with Gasteiger partial charge in [0.1, 0.15) is 28.4 Å². The molecule has 0 aromatic heterocycles. The molecule has 1 saturated heterocycles.